The van der Waals surface area contributed by atoms with E-state index in [4.69, 9.17) is 11.6 Å². The minimum Gasteiger partial charge on any atom is -0.256 e. The summed E-state index contributed by atoms with van der Waals surface area (Å²) in [7, 11) is 0. The summed E-state index contributed by atoms with van der Waals surface area (Å²) in [6.45, 7) is 1.80. The van der Waals surface area contributed by atoms with E-state index >= 15 is 0 Å². The monoisotopic (exact) mass is 331 g/mol. The molecule has 0 fully saturated rings. The van der Waals surface area contributed by atoms with Gasteiger partial charge in [0.2, 0.25) is 0 Å². The van der Waals surface area contributed by atoms with Crippen LogP contribution in [0.1, 0.15) is 11.3 Å². The molecule has 0 bridgehead atoms. The average molecular weight is 332 g/mol. The zero-order valence-corrected chi connectivity index (χ0v) is 12.9. The highest BCUT2D eigenvalue weighted by Gasteiger charge is 2.13. The molecule has 0 N–H and O–H groups in total. The second-order valence-corrected chi connectivity index (χ2v) is 5.25. The molecule has 23 heavy (non-hydrogen) atoms. The Morgan fingerprint density at radius 3 is 2.52 bits per heavy atom. The van der Waals surface area contributed by atoms with Crippen LogP contribution in [0.25, 0.3) is 5.69 Å². The van der Waals surface area contributed by atoms with Crippen molar-refractivity contribution >= 4 is 23.5 Å². The Bertz CT molecular complexity index is 873. The Kier molecular flexibility index (Phi) is 4.21. The molecule has 3 nitrogen and oxygen atoms in total. The van der Waals surface area contributed by atoms with E-state index in [-0.39, 0.29) is 0 Å². The molecule has 3 rings (SSSR count). The lowest BCUT2D eigenvalue weighted by Crippen LogP contribution is -1.96. The number of aryl methyl sites for hydroxylation is 1. The van der Waals surface area contributed by atoms with E-state index in [1.807, 2.05) is 30.3 Å². The molecule has 6 heteroatoms. The number of aromatic nitrogens is 2. The van der Waals surface area contributed by atoms with Gasteiger partial charge in [-0.25, -0.2) is 13.5 Å². The lowest BCUT2D eigenvalue weighted by atomic mass is 10.2. The number of para-hydroxylation sites is 1. The molecule has 0 radical (unpaired) electrons. The molecule has 0 saturated heterocycles. The smallest absolute Gasteiger partial charge is 0.160 e. The van der Waals surface area contributed by atoms with Crippen molar-refractivity contribution < 1.29 is 8.78 Å². The van der Waals surface area contributed by atoms with Gasteiger partial charge in [0.15, 0.2) is 11.6 Å². The highest BCUT2D eigenvalue weighted by molar-refractivity contribution is 6.32. The second kappa shape index (κ2) is 6.30. The number of aliphatic imine (C=N–C) groups is 1. The number of halogens is 3. The first-order chi connectivity index (χ1) is 11.1. The second-order valence-electron chi connectivity index (χ2n) is 4.89. The number of hydrogen-bond donors (Lipinski definition) is 0. The molecule has 0 amide bonds. The predicted molar refractivity (Wildman–Crippen MR) is 86.9 cm³/mol. The molecule has 0 aliphatic rings. The lowest BCUT2D eigenvalue weighted by molar-refractivity contribution is 0.509. The summed E-state index contributed by atoms with van der Waals surface area (Å²) in [5.74, 6) is -1.85. The summed E-state index contributed by atoms with van der Waals surface area (Å²) in [5.41, 5.74) is 2.44. The van der Waals surface area contributed by atoms with Gasteiger partial charge in [-0.3, -0.25) is 4.99 Å². The van der Waals surface area contributed by atoms with Crippen molar-refractivity contribution in [1.29, 1.82) is 0 Å². The minimum atomic E-state index is -0.942. The standard InChI is InChI=1S/C17H12ClF2N3/c1-11-14(10-21-12-7-8-15(19)16(20)9-12)17(18)23(22-11)13-5-3-2-4-6-13/h2-10H,1H3. The number of nitrogens with zero attached hydrogens (tertiary/aromatic N) is 3. The Morgan fingerprint density at radius 1 is 1.09 bits per heavy atom. The first-order valence-corrected chi connectivity index (χ1v) is 7.23. The third-order valence-corrected chi connectivity index (χ3v) is 3.66. The van der Waals surface area contributed by atoms with Crippen LogP contribution in [0.15, 0.2) is 53.5 Å². The van der Waals surface area contributed by atoms with Crippen LogP contribution in [-0.2, 0) is 0 Å². The quantitative estimate of drug-likeness (QED) is 0.630. The Balaban J connectivity index is 1.96. The van der Waals surface area contributed by atoms with Gasteiger partial charge in [-0.05, 0) is 31.2 Å². The molecule has 116 valence electrons. The summed E-state index contributed by atoms with van der Waals surface area (Å²) in [6.07, 6.45) is 1.50. The van der Waals surface area contributed by atoms with Crippen molar-refractivity contribution in [3.8, 4) is 5.69 Å². The van der Waals surface area contributed by atoms with Crippen molar-refractivity contribution in [2.75, 3.05) is 0 Å². The predicted octanol–water partition coefficient (Wildman–Crippen LogP) is 4.86. The van der Waals surface area contributed by atoms with Crippen LogP contribution < -0.4 is 0 Å². The van der Waals surface area contributed by atoms with E-state index in [9.17, 15) is 8.78 Å². The van der Waals surface area contributed by atoms with Crippen molar-refractivity contribution in [1.82, 2.24) is 9.78 Å². The summed E-state index contributed by atoms with van der Waals surface area (Å²) in [6, 6.07) is 12.9. The molecular weight excluding hydrogens is 320 g/mol. The van der Waals surface area contributed by atoms with Crippen molar-refractivity contribution in [2.24, 2.45) is 4.99 Å². The largest absolute Gasteiger partial charge is 0.256 e. The van der Waals surface area contributed by atoms with Crippen LogP contribution in [0.2, 0.25) is 5.15 Å². The Hall–Kier alpha value is -2.53. The Morgan fingerprint density at radius 2 is 1.83 bits per heavy atom. The highest BCUT2D eigenvalue weighted by atomic mass is 35.5. The van der Waals surface area contributed by atoms with E-state index < -0.39 is 11.6 Å². The van der Waals surface area contributed by atoms with Crippen LogP contribution in [-0.4, -0.2) is 16.0 Å². The summed E-state index contributed by atoms with van der Waals surface area (Å²) in [4.78, 5) is 4.14. The third kappa shape index (κ3) is 3.14. The van der Waals surface area contributed by atoms with Gasteiger partial charge in [-0.1, -0.05) is 29.8 Å². The normalized spacial score (nSPS) is 11.3. The van der Waals surface area contributed by atoms with Gasteiger partial charge < -0.3 is 0 Å². The molecule has 0 spiro atoms. The van der Waals surface area contributed by atoms with Crippen LogP contribution in [0.5, 0.6) is 0 Å². The molecule has 3 aromatic rings. The molecule has 0 aliphatic carbocycles. The molecule has 0 aliphatic heterocycles. The van der Waals surface area contributed by atoms with Gasteiger partial charge in [0.1, 0.15) is 5.15 Å². The van der Waals surface area contributed by atoms with Crippen LogP contribution >= 0.6 is 11.6 Å². The van der Waals surface area contributed by atoms with Gasteiger partial charge in [0.25, 0.3) is 0 Å². The van der Waals surface area contributed by atoms with Gasteiger partial charge in [-0.15, -0.1) is 0 Å². The minimum absolute atomic E-state index is 0.298. The maximum Gasteiger partial charge on any atom is 0.160 e. The number of benzene rings is 2. The van der Waals surface area contributed by atoms with Gasteiger partial charge >= 0.3 is 0 Å². The number of rotatable bonds is 3. The maximum atomic E-state index is 13.2. The van der Waals surface area contributed by atoms with Crippen LogP contribution in [0.4, 0.5) is 14.5 Å². The SMILES string of the molecule is Cc1nn(-c2ccccc2)c(Cl)c1C=Nc1ccc(F)c(F)c1. The maximum absolute atomic E-state index is 13.2. The molecule has 0 atom stereocenters. The first kappa shape index (κ1) is 15.4. The summed E-state index contributed by atoms with van der Waals surface area (Å²) in [5, 5.41) is 4.79. The topological polar surface area (TPSA) is 30.2 Å². The van der Waals surface area contributed by atoms with E-state index in [0.29, 0.717) is 22.1 Å². The fraction of sp³-hybridized carbons (Fsp3) is 0.0588. The highest BCUT2D eigenvalue weighted by Crippen LogP contribution is 2.23. The van der Waals surface area contributed by atoms with Crippen molar-refractivity contribution in [3.05, 3.63) is 76.6 Å². The zero-order valence-electron chi connectivity index (χ0n) is 12.2. The van der Waals surface area contributed by atoms with E-state index in [0.717, 1.165) is 17.8 Å². The third-order valence-electron chi connectivity index (χ3n) is 3.29. The van der Waals surface area contributed by atoms with Crippen LogP contribution in [0, 0.1) is 18.6 Å². The van der Waals surface area contributed by atoms with Gasteiger partial charge in [0, 0.05) is 12.3 Å². The first-order valence-electron chi connectivity index (χ1n) is 6.86. The fourth-order valence-corrected chi connectivity index (χ4v) is 2.42. The van der Waals surface area contributed by atoms with Gasteiger partial charge in [-0.2, -0.15) is 5.10 Å². The Labute approximate surface area is 136 Å². The number of hydrogen-bond acceptors (Lipinski definition) is 2. The molecule has 2 aromatic carbocycles. The molecular formula is C17H12ClF2N3. The van der Waals surface area contributed by atoms with Crippen molar-refractivity contribution in [3.63, 3.8) is 0 Å². The molecule has 0 unspecified atom stereocenters. The van der Waals surface area contributed by atoms with Gasteiger partial charge in [0.05, 0.1) is 22.6 Å². The molecule has 0 saturated carbocycles. The van der Waals surface area contributed by atoms with E-state index in [2.05, 4.69) is 10.1 Å². The van der Waals surface area contributed by atoms with Crippen molar-refractivity contribution in [2.45, 2.75) is 6.92 Å². The summed E-state index contributed by atoms with van der Waals surface area (Å²) < 4.78 is 27.7. The van der Waals surface area contributed by atoms with E-state index in [1.54, 1.807) is 11.6 Å². The van der Waals surface area contributed by atoms with E-state index in [1.165, 1.54) is 12.3 Å². The van der Waals surface area contributed by atoms with Crippen LogP contribution in [0.3, 0.4) is 0 Å². The molecule has 1 aromatic heterocycles. The molecule has 1 heterocycles. The fourth-order valence-electron chi connectivity index (χ4n) is 2.10. The zero-order chi connectivity index (χ0) is 16.4. The summed E-state index contributed by atoms with van der Waals surface area (Å²) >= 11 is 6.36. The lowest BCUT2D eigenvalue weighted by Gasteiger charge is -2.01. The average Bonchev–Trinajstić information content (AvgIpc) is 2.84.